The zero-order valence-electron chi connectivity index (χ0n) is 12.0. The van der Waals surface area contributed by atoms with Crippen LogP contribution in [0.1, 0.15) is 19.4 Å². The number of nitrogens with zero attached hydrogens (tertiary/aromatic N) is 1. The van der Waals surface area contributed by atoms with Crippen LogP contribution in [0.4, 0.5) is 4.79 Å². The van der Waals surface area contributed by atoms with Gasteiger partial charge in [0.05, 0.1) is 6.10 Å². The van der Waals surface area contributed by atoms with Crippen LogP contribution in [-0.4, -0.2) is 36.8 Å². The first kappa shape index (κ1) is 17.9. The molecular formula is C13H19BrN2O4S. The maximum atomic E-state index is 12.2. The van der Waals surface area contributed by atoms with Crippen molar-refractivity contribution in [1.82, 2.24) is 9.03 Å². The van der Waals surface area contributed by atoms with Gasteiger partial charge in [-0.2, -0.15) is 12.7 Å². The monoisotopic (exact) mass is 378 g/mol. The maximum Gasteiger partial charge on any atom is 0.422 e. The van der Waals surface area contributed by atoms with Gasteiger partial charge in [0.25, 0.3) is 0 Å². The number of nitrogens with one attached hydrogen (secondary N) is 1. The highest BCUT2D eigenvalue weighted by atomic mass is 79.9. The number of benzene rings is 1. The highest BCUT2D eigenvalue weighted by molar-refractivity contribution is 9.09. The molecule has 1 amide bonds. The number of amides is 1. The molecule has 1 N–H and O–H groups in total. The smallest absolute Gasteiger partial charge is 0.422 e. The molecule has 1 aromatic carbocycles. The van der Waals surface area contributed by atoms with Crippen molar-refractivity contribution in [2.75, 3.05) is 11.9 Å². The van der Waals surface area contributed by atoms with Gasteiger partial charge < -0.3 is 4.74 Å². The predicted molar refractivity (Wildman–Crippen MR) is 84.3 cm³/mol. The largest absolute Gasteiger partial charge is 0.446 e. The Kier molecular flexibility index (Phi) is 7.13. The van der Waals surface area contributed by atoms with Crippen molar-refractivity contribution in [3.63, 3.8) is 0 Å². The Hall–Kier alpha value is -1.12. The van der Waals surface area contributed by atoms with E-state index in [0.717, 1.165) is 5.56 Å². The van der Waals surface area contributed by atoms with Crippen molar-refractivity contribution in [1.29, 1.82) is 0 Å². The molecule has 0 spiro atoms. The van der Waals surface area contributed by atoms with Crippen molar-refractivity contribution in [3.8, 4) is 0 Å². The Morgan fingerprint density at radius 2 is 1.95 bits per heavy atom. The van der Waals surface area contributed by atoms with Crippen LogP contribution in [-0.2, 0) is 21.5 Å². The number of hydrogen-bond donors (Lipinski definition) is 1. The molecule has 0 aliphatic heterocycles. The number of carbonyl (C=O) groups excluding carboxylic acids is 1. The number of halogens is 1. The molecule has 8 heteroatoms. The van der Waals surface area contributed by atoms with Crippen molar-refractivity contribution in [2.45, 2.75) is 26.5 Å². The lowest BCUT2D eigenvalue weighted by Crippen LogP contribution is -2.44. The molecule has 1 aromatic rings. The number of ether oxygens (including phenoxy) is 1. The summed E-state index contributed by atoms with van der Waals surface area (Å²) in [6, 6.07) is 9.15. The third-order valence-electron chi connectivity index (χ3n) is 2.43. The minimum Gasteiger partial charge on any atom is -0.446 e. The third kappa shape index (κ3) is 6.45. The van der Waals surface area contributed by atoms with Crippen molar-refractivity contribution < 1.29 is 17.9 Å². The molecule has 0 unspecified atom stereocenters. The average molecular weight is 379 g/mol. The van der Waals surface area contributed by atoms with Gasteiger partial charge >= 0.3 is 16.3 Å². The standard InChI is InChI=1S/C13H19BrN2O4S/c1-11(2)20-13(17)15-21(18,19)16(9-8-14)10-12-6-4-3-5-7-12/h3-7,11H,8-10H2,1-2H3,(H,15,17). The average Bonchev–Trinajstić information content (AvgIpc) is 2.37. The first-order valence-electron chi connectivity index (χ1n) is 6.43. The minimum absolute atomic E-state index is 0.177. The molecule has 118 valence electrons. The Morgan fingerprint density at radius 1 is 1.33 bits per heavy atom. The number of rotatable bonds is 7. The van der Waals surface area contributed by atoms with Crippen LogP contribution in [0, 0.1) is 0 Å². The Labute approximate surface area is 133 Å². The fraction of sp³-hybridized carbons (Fsp3) is 0.462. The van der Waals surface area contributed by atoms with Gasteiger partial charge in [-0.3, -0.25) is 0 Å². The fourth-order valence-corrected chi connectivity index (χ4v) is 3.27. The summed E-state index contributed by atoms with van der Waals surface area (Å²) in [5.74, 6) is 0. The van der Waals surface area contributed by atoms with E-state index in [2.05, 4.69) is 15.9 Å². The molecule has 0 bridgehead atoms. The van der Waals surface area contributed by atoms with E-state index in [-0.39, 0.29) is 19.2 Å². The van der Waals surface area contributed by atoms with Gasteiger partial charge in [-0.1, -0.05) is 46.3 Å². The lowest BCUT2D eigenvalue weighted by Gasteiger charge is -2.21. The second kappa shape index (κ2) is 8.35. The Balaban J connectivity index is 2.80. The van der Waals surface area contributed by atoms with Crippen LogP contribution in [0.3, 0.4) is 0 Å². The summed E-state index contributed by atoms with van der Waals surface area (Å²) in [5.41, 5.74) is 0.834. The second-order valence-corrected chi connectivity index (χ2v) is 7.03. The molecular weight excluding hydrogens is 360 g/mol. The summed E-state index contributed by atoms with van der Waals surface area (Å²) in [6.07, 6.45) is -1.36. The Bertz CT molecular complexity index is 549. The van der Waals surface area contributed by atoms with E-state index in [1.165, 1.54) is 4.31 Å². The van der Waals surface area contributed by atoms with E-state index >= 15 is 0 Å². The molecule has 1 rings (SSSR count). The topological polar surface area (TPSA) is 75.7 Å². The minimum atomic E-state index is -3.95. The first-order chi connectivity index (χ1) is 9.85. The van der Waals surface area contributed by atoms with E-state index < -0.39 is 16.3 Å². The molecule has 0 radical (unpaired) electrons. The van der Waals surface area contributed by atoms with Gasteiger partial charge in [0, 0.05) is 18.4 Å². The molecule has 0 saturated carbocycles. The van der Waals surface area contributed by atoms with Crippen molar-refractivity contribution in [2.24, 2.45) is 0 Å². The van der Waals surface area contributed by atoms with Crippen LogP contribution in [0.2, 0.25) is 0 Å². The first-order valence-corrected chi connectivity index (χ1v) is 8.99. The molecule has 21 heavy (non-hydrogen) atoms. The molecule has 0 fully saturated rings. The van der Waals surface area contributed by atoms with Gasteiger partial charge in [0.15, 0.2) is 0 Å². The molecule has 6 nitrogen and oxygen atoms in total. The summed E-state index contributed by atoms with van der Waals surface area (Å²) in [4.78, 5) is 11.5. The van der Waals surface area contributed by atoms with Crippen molar-refractivity contribution >= 4 is 32.2 Å². The van der Waals surface area contributed by atoms with Gasteiger partial charge in [0.1, 0.15) is 0 Å². The number of hydrogen-bond acceptors (Lipinski definition) is 4. The highest BCUT2D eigenvalue weighted by Gasteiger charge is 2.25. The van der Waals surface area contributed by atoms with Gasteiger partial charge in [-0.25, -0.2) is 9.52 Å². The summed E-state index contributed by atoms with van der Waals surface area (Å²) in [6.45, 7) is 3.70. The molecule has 0 aromatic heterocycles. The van der Waals surface area contributed by atoms with Crippen LogP contribution in [0.15, 0.2) is 30.3 Å². The fourth-order valence-electron chi connectivity index (χ4n) is 1.57. The Morgan fingerprint density at radius 3 is 2.48 bits per heavy atom. The van der Waals surface area contributed by atoms with Crippen LogP contribution in [0.5, 0.6) is 0 Å². The molecule has 0 atom stereocenters. The maximum absolute atomic E-state index is 12.2. The third-order valence-corrected chi connectivity index (χ3v) is 4.20. The van der Waals surface area contributed by atoms with Gasteiger partial charge in [-0.05, 0) is 19.4 Å². The summed E-state index contributed by atoms with van der Waals surface area (Å²) < 4.78 is 32.3. The SMILES string of the molecule is CC(C)OC(=O)NS(=O)(=O)N(CCBr)Cc1ccccc1. The van der Waals surface area contributed by atoms with Crippen LogP contribution >= 0.6 is 15.9 Å². The molecule has 0 aliphatic carbocycles. The number of carbonyl (C=O) groups is 1. The van der Waals surface area contributed by atoms with E-state index in [0.29, 0.717) is 5.33 Å². The van der Waals surface area contributed by atoms with Gasteiger partial charge in [0.2, 0.25) is 0 Å². The van der Waals surface area contributed by atoms with Crippen LogP contribution < -0.4 is 4.72 Å². The second-order valence-electron chi connectivity index (χ2n) is 4.57. The zero-order chi connectivity index (χ0) is 15.9. The van der Waals surface area contributed by atoms with E-state index in [1.807, 2.05) is 35.1 Å². The van der Waals surface area contributed by atoms with E-state index in [4.69, 9.17) is 4.74 Å². The molecule has 0 heterocycles. The van der Waals surface area contributed by atoms with Crippen LogP contribution in [0.25, 0.3) is 0 Å². The molecule has 0 saturated heterocycles. The predicted octanol–water partition coefficient (Wildman–Crippen LogP) is 2.26. The van der Waals surface area contributed by atoms with Crippen molar-refractivity contribution in [3.05, 3.63) is 35.9 Å². The number of alkyl halides is 1. The summed E-state index contributed by atoms with van der Waals surface area (Å²) in [5, 5.41) is 0.458. The van der Waals surface area contributed by atoms with E-state index in [1.54, 1.807) is 13.8 Å². The van der Waals surface area contributed by atoms with Gasteiger partial charge in [-0.15, -0.1) is 0 Å². The molecule has 0 aliphatic rings. The normalized spacial score (nSPS) is 11.7. The summed E-state index contributed by atoms with van der Waals surface area (Å²) >= 11 is 3.21. The summed E-state index contributed by atoms with van der Waals surface area (Å²) in [7, 11) is -3.95. The lowest BCUT2D eigenvalue weighted by atomic mass is 10.2. The van der Waals surface area contributed by atoms with E-state index in [9.17, 15) is 13.2 Å². The zero-order valence-corrected chi connectivity index (χ0v) is 14.4. The quantitative estimate of drug-likeness (QED) is 0.738. The lowest BCUT2D eigenvalue weighted by molar-refractivity contribution is 0.121. The highest BCUT2D eigenvalue weighted by Crippen LogP contribution is 2.09.